The first-order chi connectivity index (χ1) is 9.24. The molecule has 0 amide bonds. The van der Waals surface area contributed by atoms with Crippen molar-refractivity contribution in [3.8, 4) is 11.5 Å². The maximum Gasteiger partial charge on any atom is 0.161 e. The van der Waals surface area contributed by atoms with E-state index in [2.05, 4.69) is 0 Å². The van der Waals surface area contributed by atoms with Crippen LogP contribution in [0.15, 0.2) is 18.2 Å². The van der Waals surface area contributed by atoms with E-state index in [9.17, 15) is 5.11 Å². The fourth-order valence-electron chi connectivity index (χ4n) is 2.49. The lowest BCUT2D eigenvalue weighted by atomic mass is 9.97. The van der Waals surface area contributed by atoms with Crippen molar-refractivity contribution in [3.05, 3.63) is 23.8 Å². The Kier molecular flexibility index (Phi) is 5.05. The van der Waals surface area contributed by atoms with Crippen molar-refractivity contribution in [1.29, 1.82) is 0 Å². The van der Waals surface area contributed by atoms with Crippen LogP contribution in [-0.4, -0.2) is 24.9 Å². The van der Waals surface area contributed by atoms with Gasteiger partial charge in [0.1, 0.15) is 0 Å². The average Bonchev–Trinajstić information content (AvgIpc) is 2.47. The van der Waals surface area contributed by atoms with Gasteiger partial charge in [-0.2, -0.15) is 0 Å². The molecule has 106 valence electrons. The van der Waals surface area contributed by atoms with Crippen LogP contribution in [0.1, 0.15) is 43.8 Å². The van der Waals surface area contributed by atoms with Gasteiger partial charge in [-0.05, 0) is 43.4 Å². The van der Waals surface area contributed by atoms with Crippen LogP contribution in [0.4, 0.5) is 0 Å². The molecule has 1 saturated carbocycles. The average molecular weight is 265 g/mol. The molecule has 0 heterocycles. The Hall–Kier alpha value is -1.26. The molecule has 0 spiro atoms. The molecule has 0 bridgehead atoms. The Morgan fingerprint density at radius 1 is 1.26 bits per heavy atom. The third-order valence-corrected chi connectivity index (χ3v) is 3.64. The number of nitrogens with two attached hydrogens (primary N) is 1. The largest absolute Gasteiger partial charge is 0.493 e. The summed E-state index contributed by atoms with van der Waals surface area (Å²) in [6.45, 7) is 0.204. The minimum Gasteiger partial charge on any atom is -0.493 e. The normalized spacial score (nSPS) is 18.1. The molecule has 4 heteroatoms. The zero-order chi connectivity index (χ0) is 13.7. The maximum absolute atomic E-state index is 9.80. The van der Waals surface area contributed by atoms with Gasteiger partial charge in [0.2, 0.25) is 0 Å². The van der Waals surface area contributed by atoms with E-state index in [0.717, 1.165) is 18.4 Å². The number of ether oxygens (including phenoxy) is 2. The van der Waals surface area contributed by atoms with Crippen molar-refractivity contribution < 1.29 is 14.6 Å². The van der Waals surface area contributed by atoms with Crippen molar-refractivity contribution in [2.24, 2.45) is 5.73 Å². The summed E-state index contributed by atoms with van der Waals surface area (Å²) in [5.41, 5.74) is 6.26. The number of aliphatic hydroxyl groups is 1. The second-order valence-electron chi connectivity index (χ2n) is 5.04. The van der Waals surface area contributed by atoms with Crippen molar-refractivity contribution in [2.45, 2.75) is 44.3 Å². The number of rotatable bonds is 5. The lowest BCUT2D eigenvalue weighted by Gasteiger charge is -2.24. The monoisotopic (exact) mass is 265 g/mol. The van der Waals surface area contributed by atoms with E-state index in [4.69, 9.17) is 15.2 Å². The second-order valence-corrected chi connectivity index (χ2v) is 5.04. The van der Waals surface area contributed by atoms with Gasteiger partial charge in [-0.25, -0.2) is 0 Å². The molecule has 1 atom stereocenters. The van der Waals surface area contributed by atoms with Crippen LogP contribution in [0.5, 0.6) is 11.5 Å². The zero-order valence-electron chi connectivity index (χ0n) is 11.5. The van der Waals surface area contributed by atoms with E-state index in [1.807, 2.05) is 18.2 Å². The van der Waals surface area contributed by atoms with Crippen LogP contribution in [-0.2, 0) is 0 Å². The molecule has 1 fully saturated rings. The van der Waals surface area contributed by atoms with Crippen LogP contribution in [0.3, 0.4) is 0 Å². The third-order valence-electron chi connectivity index (χ3n) is 3.64. The first-order valence-corrected chi connectivity index (χ1v) is 6.97. The molecule has 19 heavy (non-hydrogen) atoms. The van der Waals surface area contributed by atoms with Crippen molar-refractivity contribution >= 4 is 0 Å². The van der Waals surface area contributed by atoms with Gasteiger partial charge in [-0.3, -0.25) is 0 Å². The molecule has 0 aromatic heterocycles. The highest BCUT2D eigenvalue weighted by atomic mass is 16.5. The standard InChI is InChI=1S/C15H23NO3/c1-18-14-8-7-11(13(17)10-16)9-15(14)19-12-5-3-2-4-6-12/h7-9,12-13,17H,2-6,10,16H2,1H3. The summed E-state index contributed by atoms with van der Waals surface area (Å²) in [4.78, 5) is 0. The predicted octanol–water partition coefficient (Wildman–Crippen LogP) is 2.40. The van der Waals surface area contributed by atoms with Gasteiger partial charge in [0.05, 0.1) is 19.3 Å². The molecule has 3 N–H and O–H groups in total. The molecular weight excluding hydrogens is 242 g/mol. The van der Waals surface area contributed by atoms with Gasteiger partial charge in [0.25, 0.3) is 0 Å². The molecule has 0 radical (unpaired) electrons. The molecule has 1 aromatic carbocycles. The smallest absolute Gasteiger partial charge is 0.161 e. The second kappa shape index (κ2) is 6.78. The van der Waals surface area contributed by atoms with E-state index in [1.165, 1.54) is 19.3 Å². The van der Waals surface area contributed by atoms with Gasteiger partial charge in [0, 0.05) is 6.54 Å². The van der Waals surface area contributed by atoms with Crippen molar-refractivity contribution in [3.63, 3.8) is 0 Å². The summed E-state index contributed by atoms with van der Waals surface area (Å²) in [6, 6.07) is 5.49. The van der Waals surface area contributed by atoms with E-state index < -0.39 is 6.10 Å². The Labute approximate surface area is 114 Å². The minimum absolute atomic E-state index is 0.204. The third kappa shape index (κ3) is 3.61. The highest BCUT2D eigenvalue weighted by Crippen LogP contribution is 2.33. The molecular formula is C15H23NO3. The maximum atomic E-state index is 9.80. The number of benzene rings is 1. The first-order valence-electron chi connectivity index (χ1n) is 6.97. The SMILES string of the molecule is COc1ccc(C(O)CN)cc1OC1CCCCC1. The van der Waals surface area contributed by atoms with E-state index in [-0.39, 0.29) is 12.6 Å². The molecule has 1 aliphatic carbocycles. The van der Waals surface area contributed by atoms with Crippen LogP contribution < -0.4 is 15.2 Å². The highest BCUT2D eigenvalue weighted by molar-refractivity contribution is 5.43. The molecule has 1 aliphatic rings. The summed E-state index contributed by atoms with van der Waals surface area (Å²) >= 11 is 0. The van der Waals surface area contributed by atoms with E-state index in [0.29, 0.717) is 11.5 Å². The predicted molar refractivity (Wildman–Crippen MR) is 74.5 cm³/mol. The summed E-state index contributed by atoms with van der Waals surface area (Å²) < 4.78 is 11.4. The highest BCUT2D eigenvalue weighted by Gasteiger charge is 2.18. The number of methoxy groups -OCH3 is 1. The van der Waals surface area contributed by atoms with E-state index >= 15 is 0 Å². The van der Waals surface area contributed by atoms with Gasteiger partial charge < -0.3 is 20.3 Å². The molecule has 2 rings (SSSR count). The van der Waals surface area contributed by atoms with Crippen molar-refractivity contribution in [2.75, 3.05) is 13.7 Å². The molecule has 0 saturated heterocycles. The summed E-state index contributed by atoms with van der Waals surface area (Å²) in [6.07, 6.45) is 5.52. The van der Waals surface area contributed by atoms with Crippen LogP contribution in [0.2, 0.25) is 0 Å². The number of hydrogen-bond donors (Lipinski definition) is 2. The topological polar surface area (TPSA) is 64.7 Å². The fraction of sp³-hybridized carbons (Fsp3) is 0.600. The van der Waals surface area contributed by atoms with Gasteiger partial charge in [0.15, 0.2) is 11.5 Å². The van der Waals surface area contributed by atoms with Crippen LogP contribution in [0.25, 0.3) is 0 Å². The molecule has 0 aliphatic heterocycles. The summed E-state index contributed by atoms with van der Waals surface area (Å²) in [7, 11) is 1.63. The van der Waals surface area contributed by atoms with E-state index in [1.54, 1.807) is 7.11 Å². The van der Waals surface area contributed by atoms with Crippen molar-refractivity contribution in [1.82, 2.24) is 0 Å². The summed E-state index contributed by atoms with van der Waals surface area (Å²) in [5.74, 6) is 1.41. The lowest BCUT2D eigenvalue weighted by Crippen LogP contribution is -2.20. The Morgan fingerprint density at radius 2 is 2.00 bits per heavy atom. The van der Waals surface area contributed by atoms with Gasteiger partial charge >= 0.3 is 0 Å². The molecule has 1 aromatic rings. The Morgan fingerprint density at radius 3 is 2.63 bits per heavy atom. The first kappa shape index (κ1) is 14.2. The molecule has 4 nitrogen and oxygen atoms in total. The van der Waals surface area contributed by atoms with Crippen LogP contribution in [0, 0.1) is 0 Å². The minimum atomic E-state index is -0.653. The Bertz CT molecular complexity index is 402. The van der Waals surface area contributed by atoms with Gasteiger partial charge in [-0.1, -0.05) is 12.5 Å². The zero-order valence-corrected chi connectivity index (χ0v) is 11.5. The molecule has 1 unspecified atom stereocenters. The summed E-state index contributed by atoms with van der Waals surface area (Å²) in [5, 5.41) is 9.80. The number of aliphatic hydroxyl groups excluding tert-OH is 1. The van der Waals surface area contributed by atoms with Gasteiger partial charge in [-0.15, -0.1) is 0 Å². The quantitative estimate of drug-likeness (QED) is 0.858. The Balaban J connectivity index is 2.15. The lowest BCUT2D eigenvalue weighted by molar-refractivity contribution is 0.147. The number of hydrogen-bond acceptors (Lipinski definition) is 4. The fourth-order valence-corrected chi connectivity index (χ4v) is 2.49. The van der Waals surface area contributed by atoms with Crippen LogP contribution >= 0.6 is 0 Å².